The molecule has 0 amide bonds. The number of hydrogen-bond acceptors (Lipinski definition) is 1. The number of benzene rings is 1. The first-order valence-electron chi connectivity index (χ1n) is 4.78. The predicted octanol–water partition coefficient (Wildman–Crippen LogP) is 3.50. The smallest absolute Gasteiger partial charge is 0.307 e. The molecular weight excluding hydrogens is 235 g/mol. The van der Waals surface area contributed by atoms with Gasteiger partial charge in [-0.15, -0.1) is 0 Å². The van der Waals surface area contributed by atoms with Gasteiger partial charge in [-0.05, 0) is 30.4 Å². The molecule has 1 aliphatic rings. The molecule has 1 aromatic rings. The third-order valence-corrected chi connectivity index (χ3v) is 3.36. The summed E-state index contributed by atoms with van der Waals surface area (Å²) in [5, 5.41) is 9.72. The van der Waals surface area contributed by atoms with Gasteiger partial charge in [0.25, 0.3) is 0 Å². The van der Waals surface area contributed by atoms with Crippen molar-refractivity contribution in [2.45, 2.75) is 25.2 Å². The van der Waals surface area contributed by atoms with Crippen LogP contribution in [0.4, 0.5) is 0 Å². The maximum atomic E-state index is 10.7. The number of hydrogen-bond donors (Lipinski definition) is 1. The lowest BCUT2D eigenvalue weighted by molar-refractivity contribution is -0.136. The van der Waals surface area contributed by atoms with Crippen molar-refractivity contribution in [3.05, 3.63) is 33.3 Å². The van der Waals surface area contributed by atoms with Gasteiger partial charge in [-0.1, -0.05) is 29.3 Å². The molecule has 1 fully saturated rings. The van der Waals surface area contributed by atoms with Gasteiger partial charge in [0.2, 0.25) is 0 Å². The molecular formula is C11H10Cl2O2. The molecule has 0 unspecified atom stereocenters. The summed E-state index contributed by atoms with van der Waals surface area (Å²) in [6.07, 6.45) is 2.15. The number of carboxylic acid groups (broad SMARTS) is 1. The number of carbonyl (C=O) groups is 1. The van der Waals surface area contributed by atoms with E-state index < -0.39 is 5.97 Å². The second kappa shape index (κ2) is 4.03. The molecule has 80 valence electrons. The molecule has 1 aliphatic carbocycles. The first-order chi connectivity index (χ1) is 7.09. The molecule has 1 saturated carbocycles. The molecule has 15 heavy (non-hydrogen) atoms. The van der Waals surface area contributed by atoms with Crippen LogP contribution in [0.25, 0.3) is 0 Å². The molecule has 0 spiro atoms. The van der Waals surface area contributed by atoms with Crippen LogP contribution >= 0.6 is 23.2 Å². The molecule has 0 aromatic heterocycles. The topological polar surface area (TPSA) is 37.3 Å². The first-order valence-corrected chi connectivity index (χ1v) is 5.53. The summed E-state index contributed by atoms with van der Waals surface area (Å²) in [5.41, 5.74) is 1.58. The van der Waals surface area contributed by atoms with Crippen molar-refractivity contribution in [1.29, 1.82) is 0 Å². The van der Waals surface area contributed by atoms with Crippen molar-refractivity contribution in [3.63, 3.8) is 0 Å². The molecule has 2 nitrogen and oxygen atoms in total. The molecule has 1 N–H and O–H groups in total. The van der Waals surface area contributed by atoms with E-state index in [0.29, 0.717) is 21.5 Å². The minimum atomic E-state index is -0.910. The van der Waals surface area contributed by atoms with Gasteiger partial charge in [0.05, 0.1) is 6.42 Å². The lowest BCUT2D eigenvalue weighted by Crippen LogP contribution is -2.02. The second-order valence-electron chi connectivity index (χ2n) is 3.77. The summed E-state index contributed by atoms with van der Waals surface area (Å²) in [6.45, 7) is 0. The monoisotopic (exact) mass is 244 g/mol. The van der Waals surface area contributed by atoms with Crippen LogP contribution in [0.3, 0.4) is 0 Å². The third-order valence-electron chi connectivity index (χ3n) is 2.56. The Morgan fingerprint density at radius 1 is 1.40 bits per heavy atom. The van der Waals surface area contributed by atoms with Gasteiger partial charge < -0.3 is 5.11 Å². The zero-order valence-corrected chi connectivity index (χ0v) is 9.48. The van der Waals surface area contributed by atoms with Crippen LogP contribution in [0.1, 0.15) is 29.9 Å². The molecule has 0 atom stereocenters. The van der Waals surface area contributed by atoms with E-state index in [0.717, 1.165) is 18.4 Å². The molecule has 0 aliphatic heterocycles. The Morgan fingerprint density at radius 3 is 2.60 bits per heavy atom. The van der Waals surface area contributed by atoms with E-state index >= 15 is 0 Å². The summed E-state index contributed by atoms with van der Waals surface area (Å²) in [4.78, 5) is 10.7. The predicted molar refractivity (Wildman–Crippen MR) is 59.8 cm³/mol. The Morgan fingerprint density at radius 2 is 2.07 bits per heavy atom. The molecule has 0 radical (unpaired) electrons. The van der Waals surface area contributed by atoms with Gasteiger partial charge in [0, 0.05) is 15.6 Å². The van der Waals surface area contributed by atoms with E-state index in [2.05, 4.69) is 0 Å². The summed E-state index contributed by atoms with van der Waals surface area (Å²) >= 11 is 12.1. The molecule has 2 rings (SSSR count). The van der Waals surface area contributed by atoms with Crippen LogP contribution in [-0.2, 0) is 11.2 Å². The number of aliphatic carboxylic acids is 1. The second-order valence-corrected chi connectivity index (χ2v) is 4.56. The van der Waals surface area contributed by atoms with Crippen molar-refractivity contribution in [2.75, 3.05) is 0 Å². The Kier molecular flexibility index (Phi) is 2.89. The van der Waals surface area contributed by atoms with Gasteiger partial charge in [0.1, 0.15) is 0 Å². The molecule has 0 bridgehead atoms. The SMILES string of the molecule is O=C(O)Cc1c(Cl)ccc(C2CC2)c1Cl. The van der Waals surface area contributed by atoms with Crippen LogP contribution in [0.15, 0.2) is 12.1 Å². The maximum Gasteiger partial charge on any atom is 0.307 e. The Hall–Kier alpha value is -0.730. The van der Waals surface area contributed by atoms with E-state index in [1.807, 2.05) is 6.07 Å². The van der Waals surface area contributed by atoms with Crippen molar-refractivity contribution in [3.8, 4) is 0 Å². The highest BCUT2D eigenvalue weighted by Crippen LogP contribution is 2.45. The fourth-order valence-corrected chi connectivity index (χ4v) is 2.30. The molecule has 1 aromatic carbocycles. The number of carboxylic acids is 1. The summed E-state index contributed by atoms with van der Waals surface area (Å²) < 4.78 is 0. The lowest BCUT2D eigenvalue weighted by atomic mass is 10.0. The lowest BCUT2D eigenvalue weighted by Gasteiger charge is -2.09. The van der Waals surface area contributed by atoms with Crippen LogP contribution < -0.4 is 0 Å². The van der Waals surface area contributed by atoms with Gasteiger partial charge in [-0.25, -0.2) is 0 Å². The van der Waals surface area contributed by atoms with Gasteiger partial charge >= 0.3 is 5.97 Å². The van der Waals surface area contributed by atoms with E-state index in [4.69, 9.17) is 28.3 Å². The summed E-state index contributed by atoms with van der Waals surface area (Å²) in [7, 11) is 0. The Balaban J connectivity index is 2.41. The van der Waals surface area contributed by atoms with Crippen LogP contribution in [0, 0.1) is 0 Å². The van der Waals surface area contributed by atoms with E-state index in [-0.39, 0.29) is 6.42 Å². The van der Waals surface area contributed by atoms with Gasteiger partial charge in [0.15, 0.2) is 0 Å². The quantitative estimate of drug-likeness (QED) is 0.884. The maximum absolute atomic E-state index is 10.7. The highest BCUT2D eigenvalue weighted by molar-refractivity contribution is 6.36. The molecule has 0 heterocycles. The van der Waals surface area contributed by atoms with Crippen molar-refractivity contribution in [1.82, 2.24) is 0 Å². The minimum absolute atomic E-state index is 0.113. The van der Waals surface area contributed by atoms with Gasteiger partial charge in [-0.2, -0.15) is 0 Å². The van der Waals surface area contributed by atoms with E-state index in [1.54, 1.807) is 6.07 Å². The van der Waals surface area contributed by atoms with E-state index in [1.165, 1.54) is 0 Å². The standard InChI is InChI=1S/C11H10Cl2O2/c12-9-4-3-7(6-1-2-6)11(13)8(9)5-10(14)15/h3-4,6H,1-2,5H2,(H,14,15). The average molecular weight is 245 g/mol. The Bertz CT molecular complexity index is 411. The van der Waals surface area contributed by atoms with Crippen molar-refractivity contribution in [2.24, 2.45) is 0 Å². The fourth-order valence-electron chi connectivity index (χ4n) is 1.64. The molecule has 4 heteroatoms. The van der Waals surface area contributed by atoms with Crippen LogP contribution in [-0.4, -0.2) is 11.1 Å². The van der Waals surface area contributed by atoms with Crippen molar-refractivity contribution < 1.29 is 9.90 Å². The highest BCUT2D eigenvalue weighted by Gasteiger charge is 2.27. The van der Waals surface area contributed by atoms with Crippen molar-refractivity contribution >= 4 is 29.2 Å². The van der Waals surface area contributed by atoms with Gasteiger partial charge in [-0.3, -0.25) is 4.79 Å². The first kappa shape index (κ1) is 10.8. The normalized spacial score (nSPS) is 15.3. The zero-order chi connectivity index (χ0) is 11.0. The Labute approximate surface area is 97.8 Å². The summed E-state index contributed by atoms with van der Waals surface area (Å²) in [5.74, 6) is -0.408. The molecule has 0 saturated heterocycles. The zero-order valence-electron chi connectivity index (χ0n) is 7.96. The highest BCUT2D eigenvalue weighted by atomic mass is 35.5. The average Bonchev–Trinajstić information content (AvgIpc) is 2.95. The largest absolute Gasteiger partial charge is 0.481 e. The number of rotatable bonds is 3. The summed E-state index contributed by atoms with van der Waals surface area (Å²) in [6, 6.07) is 3.63. The van der Waals surface area contributed by atoms with E-state index in [9.17, 15) is 4.79 Å². The van der Waals surface area contributed by atoms with Crippen LogP contribution in [0.2, 0.25) is 10.0 Å². The third kappa shape index (κ3) is 2.27. The fraction of sp³-hybridized carbons (Fsp3) is 0.364. The van der Waals surface area contributed by atoms with Crippen LogP contribution in [0.5, 0.6) is 0 Å². The number of halogens is 2. The minimum Gasteiger partial charge on any atom is -0.481 e.